The Morgan fingerprint density at radius 3 is 2.59 bits per heavy atom. The Labute approximate surface area is 198 Å². The lowest BCUT2D eigenvalue weighted by molar-refractivity contribution is -0.0952. The Kier molecular flexibility index (Phi) is 5.95. The number of benzene rings is 2. The van der Waals surface area contributed by atoms with Gasteiger partial charge in [-0.2, -0.15) is 5.10 Å². The van der Waals surface area contributed by atoms with Crippen molar-refractivity contribution in [3.63, 3.8) is 0 Å². The third kappa shape index (κ3) is 4.60. The second kappa shape index (κ2) is 8.92. The van der Waals surface area contributed by atoms with Crippen LogP contribution in [0.1, 0.15) is 57.7 Å². The van der Waals surface area contributed by atoms with Gasteiger partial charge in [-0.05, 0) is 81.0 Å². The number of hydrogen-bond acceptors (Lipinski definition) is 6. The van der Waals surface area contributed by atoms with E-state index in [4.69, 9.17) is 19.3 Å². The number of hydrogen-bond donors (Lipinski definition) is 2. The standard InChI is InChI=1S/C26H31N3O5/c1-26(2,3)34-25(31)28-24-21(15-33-24)19-12-17(16-7-9-18(30)10-8-16)13-22-20(19)14-27-29(22)23-6-4-5-11-32-23/h7-10,12-14,21,23-24,30H,4-6,11,15H2,1-3H3,(H,28,31). The molecule has 3 atom stereocenters. The van der Waals surface area contributed by atoms with Crippen molar-refractivity contribution in [1.29, 1.82) is 0 Å². The lowest BCUT2D eigenvalue weighted by Gasteiger charge is -2.38. The number of rotatable bonds is 4. The number of fused-ring (bicyclic) bond motifs is 1. The van der Waals surface area contributed by atoms with Gasteiger partial charge >= 0.3 is 6.09 Å². The first-order valence-corrected chi connectivity index (χ1v) is 11.8. The largest absolute Gasteiger partial charge is 0.508 e. The van der Waals surface area contributed by atoms with Crippen molar-refractivity contribution in [2.45, 2.75) is 64.0 Å². The minimum atomic E-state index is -0.587. The Bertz CT molecular complexity index is 1180. The second-order valence-electron chi connectivity index (χ2n) is 9.96. The van der Waals surface area contributed by atoms with Crippen molar-refractivity contribution in [2.75, 3.05) is 13.2 Å². The second-order valence-corrected chi connectivity index (χ2v) is 9.96. The number of aromatic nitrogens is 2. The molecule has 0 spiro atoms. The number of phenolic OH excluding ortho intramolecular Hbond substituents is 1. The van der Waals surface area contributed by atoms with Crippen LogP contribution in [0.4, 0.5) is 4.79 Å². The summed E-state index contributed by atoms with van der Waals surface area (Å²) in [4.78, 5) is 12.4. The fourth-order valence-electron chi connectivity index (χ4n) is 4.55. The normalized spacial score (nSPS) is 22.9. The van der Waals surface area contributed by atoms with Crippen molar-refractivity contribution in [3.8, 4) is 16.9 Å². The van der Waals surface area contributed by atoms with Crippen LogP contribution in [-0.2, 0) is 14.2 Å². The first kappa shape index (κ1) is 22.7. The third-order valence-corrected chi connectivity index (χ3v) is 6.26. The molecule has 3 heterocycles. The lowest BCUT2D eigenvalue weighted by Crippen LogP contribution is -2.51. The van der Waals surface area contributed by atoms with Crippen molar-refractivity contribution in [2.24, 2.45) is 0 Å². The molecule has 34 heavy (non-hydrogen) atoms. The molecule has 3 aromatic rings. The zero-order chi connectivity index (χ0) is 23.9. The zero-order valence-corrected chi connectivity index (χ0v) is 19.8. The molecule has 1 aromatic heterocycles. The van der Waals surface area contributed by atoms with Crippen LogP contribution >= 0.6 is 0 Å². The van der Waals surface area contributed by atoms with E-state index >= 15 is 0 Å². The van der Waals surface area contributed by atoms with Crippen molar-refractivity contribution >= 4 is 17.0 Å². The summed E-state index contributed by atoms with van der Waals surface area (Å²) in [5.41, 5.74) is 3.43. The summed E-state index contributed by atoms with van der Waals surface area (Å²) in [6.45, 7) is 6.71. The van der Waals surface area contributed by atoms with E-state index in [-0.39, 0.29) is 17.9 Å². The predicted molar refractivity (Wildman–Crippen MR) is 128 cm³/mol. The highest BCUT2D eigenvalue weighted by molar-refractivity contribution is 5.88. The van der Waals surface area contributed by atoms with Gasteiger partial charge in [0.25, 0.3) is 0 Å². The molecule has 5 rings (SSSR count). The maximum atomic E-state index is 12.4. The summed E-state index contributed by atoms with van der Waals surface area (Å²) < 4.78 is 19.1. The molecule has 8 heteroatoms. The molecule has 8 nitrogen and oxygen atoms in total. The van der Waals surface area contributed by atoms with Crippen LogP contribution in [0.5, 0.6) is 5.75 Å². The van der Waals surface area contributed by atoms with Crippen molar-refractivity contribution < 1.29 is 24.1 Å². The third-order valence-electron chi connectivity index (χ3n) is 6.26. The van der Waals surface area contributed by atoms with E-state index in [2.05, 4.69) is 17.4 Å². The zero-order valence-electron chi connectivity index (χ0n) is 19.8. The summed E-state index contributed by atoms with van der Waals surface area (Å²) >= 11 is 0. The van der Waals surface area contributed by atoms with E-state index < -0.39 is 17.9 Å². The first-order chi connectivity index (χ1) is 16.3. The van der Waals surface area contributed by atoms with E-state index in [0.29, 0.717) is 6.61 Å². The maximum absolute atomic E-state index is 12.4. The Morgan fingerprint density at radius 2 is 1.94 bits per heavy atom. The minimum absolute atomic E-state index is 0.0444. The monoisotopic (exact) mass is 465 g/mol. The quantitative estimate of drug-likeness (QED) is 0.558. The molecule has 2 aromatic carbocycles. The number of phenols is 1. The lowest BCUT2D eigenvalue weighted by atomic mass is 9.88. The van der Waals surface area contributed by atoms with E-state index in [1.165, 1.54) is 0 Å². The van der Waals surface area contributed by atoms with Crippen LogP contribution in [0.15, 0.2) is 42.6 Å². The number of carbonyl (C=O) groups excluding carboxylic acids is 1. The molecular formula is C26H31N3O5. The predicted octanol–water partition coefficient (Wildman–Crippen LogP) is 5.07. The molecule has 0 radical (unpaired) electrons. The molecule has 0 aliphatic carbocycles. The Balaban J connectivity index is 1.53. The number of ether oxygens (including phenoxy) is 3. The van der Waals surface area contributed by atoms with E-state index in [1.807, 2.05) is 43.8 Å². The van der Waals surface area contributed by atoms with Crippen LogP contribution < -0.4 is 5.32 Å². The molecule has 2 aliphatic heterocycles. The van der Waals surface area contributed by atoms with E-state index in [9.17, 15) is 9.90 Å². The molecule has 180 valence electrons. The molecule has 2 aliphatic rings. The molecule has 1 amide bonds. The smallest absolute Gasteiger partial charge is 0.409 e. The highest BCUT2D eigenvalue weighted by Gasteiger charge is 2.37. The summed E-state index contributed by atoms with van der Waals surface area (Å²) in [7, 11) is 0. The fourth-order valence-corrected chi connectivity index (χ4v) is 4.55. The molecule has 2 fully saturated rings. The molecule has 2 N–H and O–H groups in total. The van der Waals surface area contributed by atoms with Gasteiger partial charge in [-0.25, -0.2) is 9.48 Å². The van der Waals surface area contributed by atoms with Gasteiger partial charge in [-0.15, -0.1) is 0 Å². The van der Waals surface area contributed by atoms with Crippen LogP contribution in [0.2, 0.25) is 0 Å². The average Bonchev–Trinajstić information content (AvgIpc) is 3.21. The summed E-state index contributed by atoms with van der Waals surface area (Å²) in [6.07, 6.45) is 3.90. The molecule has 3 unspecified atom stereocenters. The minimum Gasteiger partial charge on any atom is -0.508 e. The van der Waals surface area contributed by atoms with Gasteiger partial charge < -0.3 is 19.3 Å². The van der Waals surface area contributed by atoms with Crippen LogP contribution in [0, 0.1) is 0 Å². The van der Waals surface area contributed by atoms with Crippen LogP contribution in [0.25, 0.3) is 22.0 Å². The van der Waals surface area contributed by atoms with Crippen LogP contribution in [0.3, 0.4) is 0 Å². The number of nitrogens with one attached hydrogen (secondary N) is 1. The van der Waals surface area contributed by atoms with Crippen molar-refractivity contribution in [3.05, 3.63) is 48.2 Å². The number of alkyl carbamates (subject to hydrolysis) is 1. The van der Waals surface area contributed by atoms with Gasteiger partial charge in [0, 0.05) is 12.0 Å². The topological polar surface area (TPSA) is 94.8 Å². The number of amides is 1. The fraction of sp³-hybridized carbons (Fsp3) is 0.462. The molecule has 2 saturated heterocycles. The number of carbonyl (C=O) groups is 1. The SMILES string of the molecule is CC(C)(C)OC(=O)NC1OCC1c1cc(-c2ccc(O)cc2)cc2c1cnn2C1CCCCO1. The Hall–Kier alpha value is -3.10. The van der Waals surface area contributed by atoms with Gasteiger partial charge in [-0.1, -0.05) is 12.1 Å². The number of aromatic hydroxyl groups is 1. The van der Waals surface area contributed by atoms with Gasteiger partial charge in [0.2, 0.25) is 0 Å². The summed E-state index contributed by atoms with van der Waals surface area (Å²) in [5.74, 6) is 0.178. The van der Waals surface area contributed by atoms with Gasteiger partial charge in [0.15, 0.2) is 6.23 Å². The van der Waals surface area contributed by atoms with Gasteiger partial charge in [-0.3, -0.25) is 5.32 Å². The highest BCUT2D eigenvalue weighted by atomic mass is 16.6. The first-order valence-electron chi connectivity index (χ1n) is 11.8. The molecular weight excluding hydrogens is 434 g/mol. The average molecular weight is 466 g/mol. The van der Waals surface area contributed by atoms with Crippen molar-refractivity contribution in [1.82, 2.24) is 15.1 Å². The van der Waals surface area contributed by atoms with E-state index in [1.54, 1.807) is 12.1 Å². The van der Waals surface area contributed by atoms with Gasteiger partial charge in [0.05, 0.1) is 24.2 Å². The maximum Gasteiger partial charge on any atom is 0.409 e. The highest BCUT2D eigenvalue weighted by Crippen LogP contribution is 2.39. The van der Waals surface area contributed by atoms with Gasteiger partial charge in [0.1, 0.15) is 17.6 Å². The summed E-state index contributed by atoms with van der Waals surface area (Å²) in [5, 5.41) is 18.3. The summed E-state index contributed by atoms with van der Waals surface area (Å²) in [6, 6.07) is 11.4. The van der Waals surface area contributed by atoms with Crippen LogP contribution in [-0.4, -0.2) is 46.0 Å². The molecule has 0 saturated carbocycles. The molecule has 0 bridgehead atoms. The van der Waals surface area contributed by atoms with E-state index in [0.717, 1.165) is 53.5 Å². The Morgan fingerprint density at radius 1 is 1.15 bits per heavy atom. The number of nitrogens with zero attached hydrogens (tertiary/aromatic N) is 2.